The molecule has 0 aromatic heterocycles. The molecule has 3 N–H and O–H groups in total. The zero-order valence-corrected chi connectivity index (χ0v) is 11.8. The summed E-state index contributed by atoms with van der Waals surface area (Å²) >= 11 is 0. The fraction of sp³-hybridized carbons (Fsp3) is 0.600. The van der Waals surface area contributed by atoms with Crippen LogP contribution in [-0.2, 0) is 0 Å². The van der Waals surface area contributed by atoms with Crippen LogP contribution in [0.3, 0.4) is 0 Å². The van der Waals surface area contributed by atoms with E-state index in [1.54, 1.807) is 0 Å². The van der Waals surface area contributed by atoms with Gasteiger partial charge in [-0.15, -0.1) is 0 Å². The average Bonchev–Trinajstić information content (AvgIpc) is 2.38. The van der Waals surface area contributed by atoms with Crippen molar-refractivity contribution in [3.05, 3.63) is 29.8 Å². The van der Waals surface area contributed by atoms with E-state index >= 15 is 0 Å². The van der Waals surface area contributed by atoms with Gasteiger partial charge in [-0.3, -0.25) is 11.3 Å². The van der Waals surface area contributed by atoms with E-state index in [0.29, 0.717) is 5.92 Å². The van der Waals surface area contributed by atoms with E-state index < -0.39 is 0 Å². The van der Waals surface area contributed by atoms with Crippen LogP contribution in [0.5, 0.6) is 5.75 Å². The number of para-hydroxylation sites is 1. The van der Waals surface area contributed by atoms with Crippen molar-refractivity contribution in [1.29, 1.82) is 0 Å². The van der Waals surface area contributed by atoms with Crippen LogP contribution in [0.2, 0.25) is 0 Å². The third kappa shape index (κ3) is 4.67. The second-order valence-electron chi connectivity index (χ2n) is 5.08. The second-order valence-corrected chi connectivity index (χ2v) is 5.08. The largest absolute Gasteiger partial charge is 0.493 e. The molecule has 1 aromatic carbocycles. The molecule has 0 radical (unpaired) electrons. The number of hydrogen-bond acceptors (Lipinski definition) is 3. The zero-order valence-electron chi connectivity index (χ0n) is 11.8. The van der Waals surface area contributed by atoms with Crippen LogP contribution in [0.1, 0.15) is 51.6 Å². The van der Waals surface area contributed by atoms with Gasteiger partial charge in [0.2, 0.25) is 0 Å². The molecule has 0 saturated heterocycles. The normalized spacial score (nSPS) is 12.7. The molecule has 102 valence electrons. The topological polar surface area (TPSA) is 47.3 Å². The molecular formula is C15H26N2O. The van der Waals surface area contributed by atoms with Crippen molar-refractivity contribution in [3.63, 3.8) is 0 Å². The SMILES string of the molecule is CCCOc1ccccc1C(CCC(C)C)NN. The van der Waals surface area contributed by atoms with Crippen molar-refractivity contribution < 1.29 is 4.74 Å². The maximum absolute atomic E-state index is 5.78. The first-order chi connectivity index (χ1) is 8.69. The van der Waals surface area contributed by atoms with Crippen LogP contribution in [0, 0.1) is 5.92 Å². The third-order valence-electron chi connectivity index (χ3n) is 2.99. The molecule has 0 spiro atoms. The Kier molecular flexibility index (Phi) is 6.76. The van der Waals surface area contributed by atoms with Crippen molar-refractivity contribution in [1.82, 2.24) is 5.43 Å². The Hall–Kier alpha value is -1.06. The van der Waals surface area contributed by atoms with Crippen molar-refractivity contribution in [2.45, 2.75) is 46.1 Å². The smallest absolute Gasteiger partial charge is 0.124 e. The van der Waals surface area contributed by atoms with Crippen molar-refractivity contribution >= 4 is 0 Å². The molecule has 1 atom stereocenters. The van der Waals surface area contributed by atoms with Gasteiger partial charge in [-0.05, 0) is 31.2 Å². The molecule has 18 heavy (non-hydrogen) atoms. The number of hydrazine groups is 1. The van der Waals surface area contributed by atoms with Gasteiger partial charge in [0.05, 0.1) is 6.61 Å². The summed E-state index contributed by atoms with van der Waals surface area (Å²) in [5.74, 6) is 7.32. The Balaban J connectivity index is 2.76. The summed E-state index contributed by atoms with van der Waals surface area (Å²) in [4.78, 5) is 0. The second kappa shape index (κ2) is 8.11. The minimum absolute atomic E-state index is 0.167. The summed E-state index contributed by atoms with van der Waals surface area (Å²) in [6.45, 7) is 7.32. The molecule has 1 aromatic rings. The molecule has 1 rings (SSSR count). The van der Waals surface area contributed by atoms with E-state index in [1.807, 2.05) is 18.2 Å². The summed E-state index contributed by atoms with van der Waals surface area (Å²) in [5.41, 5.74) is 4.07. The molecule has 0 aliphatic heterocycles. The van der Waals surface area contributed by atoms with Gasteiger partial charge in [0.1, 0.15) is 5.75 Å². The van der Waals surface area contributed by atoms with E-state index in [-0.39, 0.29) is 6.04 Å². The predicted octanol–water partition coefficient (Wildman–Crippen LogP) is 3.42. The van der Waals surface area contributed by atoms with Gasteiger partial charge in [0.25, 0.3) is 0 Å². The predicted molar refractivity (Wildman–Crippen MR) is 76.4 cm³/mol. The molecule has 0 aliphatic rings. The van der Waals surface area contributed by atoms with Crippen molar-refractivity contribution in [3.8, 4) is 5.75 Å². The standard InChI is InChI=1S/C15H26N2O/c1-4-11-18-15-8-6-5-7-13(15)14(17-16)10-9-12(2)3/h5-8,12,14,17H,4,9-11,16H2,1-3H3. The average molecular weight is 250 g/mol. The first-order valence-electron chi connectivity index (χ1n) is 6.86. The van der Waals surface area contributed by atoms with Crippen molar-refractivity contribution in [2.75, 3.05) is 6.61 Å². The summed E-state index contributed by atoms with van der Waals surface area (Å²) in [7, 11) is 0. The molecule has 0 amide bonds. The van der Waals surface area contributed by atoms with Gasteiger partial charge < -0.3 is 4.74 Å². The molecule has 3 heteroatoms. The summed E-state index contributed by atoms with van der Waals surface area (Å²) in [6, 6.07) is 8.32. The van der Waals surface area contributed by atoms with Crippen molar-refractivity contribution in [2.24, 2.45) is 11.8 Å². The Labute approximate surface area is 111 Å². The van der Waals surface area contributed by atoms with Gasteiger partial charge in [0.15, 0.2) is 0 Å². The minimum atomic E-state index is 0.167. The van der Waals surface area contributed by atoms with E-state index in [0.717, 1.165) is 37.2 Å². The highest BCUT2D eigenvalue weighted by molar-refractivity contribution is 5.35. The zero-order chi connectivity index (χ0) is 13.4. The Morgan fingerprint density at radius 1 is 1.22 bits per heavy atom. The lowest BCUT2D eigenvalue weighted by Crippen LogP contribution is -2.28. The quantitative estimate of drug-likeness (QED) is 0.549. The lowest BCUT2D eigenvalue weighted by Gasteiger charge is -2.20. The Morgan fingerprint density at radius 2 is 1.94 bits per heavy atom. The van der Waals surface area contributed by atoms with E-state index in [2.05, 4.69) is 32.3 Å². The van der Waals surface area contributed by atoms with Crippen LogP contribution in [-0.4, -0.2) is 6.61 Å². The molecule has 0 bridgehead atoms. The number of rotatable bonds is 8. The third-order valence-corrected chi connectivity index (χ3v) is 2.99. The van der Waals surface area contributed by atoms with Gasteiger partial charge in [0, 0.05) is 11.6 Å². The highest BCUT2D eigenvalue weighted by atomic mass is 16.5. The Morgan fingerprint density at radius 3 is 2.56 bits per heavy atom. The molecule has 1 unspecified atom stereocenters. The first kappa shape index (κ1) is 15.0. The van der Waals surface area contributed by atoms with Gasteiger partial charge in [-0.1, -0.05) is 39.0 Å². The molecule has 0 saturated carbocycles. The fourth-order valence-corrected chi connectivity index (χ4v) is 1.94. The minimum Gasteiger partial charge on any atom is -0.493 e. The van der Waals surface area contributed by atoms with Crippen LogP contribution >= 0.6 is 0 Å². The maximum Gasteiger partial charge on any atom is 0.124 e. The molecular weight excluding hydrogens is 224 g/mol. The summed E-state index contributed by atoms with van der Waals surface area (Å²) in [6.07, 6.45) is 3.19. The lowest BCUT2D eigenvalue weighted by molar-refractivity contribution is 0.307. The molecule has 0 aliphatic carbocycles. The first-order valence-corrected chi connectivity index (χ1v) is 6.86. The Bertz CT molecular complexity index is 339. The number of ether oxygens (including phenoxy) is 1. The molecule has 0 heterocycles. The number of nitrogens with two attached hydrogens (primary N) is 1. The number of nitrogens with one attached hydrogen (secondary N) is 1. The van der Waals surface area contributed by atoms with Crippen LogP contribution in [0.4, 0.5) is 0 Å². The highest BCUT2D eigenvalue weighted by Crippen LogP contribution is 2.28. The van der Waals surface area contributed by atoms with Crippen LogP contribution < -0.4 is 16.0 Å². The molecule has 3 nitrogen and oxygen atoms in total. The summed E-state index contributed by atoms with van der Waals surface area (Å²) < 4.78 is 5.78. The van der Waals surface area contributed by atoms with Crippen LogP contribution in [0.25, 0.3) is 0 Å². The van der Waals surface area contributed by atoms with E-state index in [1.165, 1.54) is 0 Å². The number of hydrogen-bond donors (Lipinski definition) is 2. The molecule has 0 fully saturated rings. The lowest BCUT2D eigenvalue weighted by atomic mass is 9.97. The monoisotopic (exact) mass is 250 g/mol. The summed E-state index contributed by atoms with van der Waals surface area (Å²) in [5, 5.41) is 0. The van der Waals surface area contributed by atoms with E-state index in [4.69, 9.17) is 10.6 Å². The van der Waals surface area contributed by atoms with E-state index in [9.17, 15) is 0 Å². The highest BCUT2D eigenvalue weighted by Gasteiger charge is 2.14. The van der Waals surface area contributed by atoms with Gasteiger partial charge >= 0.3 is 0 Å². The number of benzene rings is 1. The maximum atomic E-state index is 5.78. The fourth-order valence-electron chi connectivity index (χ4n) is 1.94. The van der Waals surface area contributed by atoms with Gasteiger partial charge in [-0.25, -0.2) is 0 Å². The van der Waals surface area contributed by atoms with Gasteiger partial charge in [-0.2, -0.15) is 0 Å². The van der Waals surface area contributed by atoms with Crippen LogP contribution in [0.15, 0.2) is 24.3 Å².